The zero-order valence-electron chi connectivity index (χ0n) is 15.2. The fourth-order valence-corrected chi connectivity index (χ4v) is 3.58. The van der Waals surface area contributed by atoms with Gasteiger partial charge in [-0.25, -0.2) is 4.39 Å². The van der Waals surface area contributed by atoms with E-state index in [0.29, 0.717) is 18.1 Å². The number of H-pyrrole nitrogens is 1. The highest BCUT2D eigenvalue weighted by Gasteiger charge is 2.25. The summed E-state index contributed by atoms with van der Waals surface area (Å²) in [5, 5.41) is 11.7. The Morgan fingerprint density at radius 2 is 1.86 bits per heavy atom. The van der Waals surface area contributed by atoms with Gasteiger partial charge < -0.3 is 10.2 Å². The maximum absolute atomic E-state index is 13.0. The van der Waals surface area contributed by atoms with Crippen molar-refractivity contribution in [3.63, 3.8) is 0 Å². The minimum absolute atomic E-state index is 0.222. The zero-order valence-corrected chi connectivity index (χ0v) is 15.2. The number of halogens is 1. The van der Waals surface area contributed by atoms with Crippen molar-refractivity contribution < 1.29 is 4.39 Å². The predicted octanol–water partition coefficient (Wildman–Crippen LogP) is 3.84. The molecule has 2 aromatic heterocycles. The summed E-state index contributed by atoms with van der Waals surface area (Å²) >= 11 is 0. The van der Waals surface area contributed by atoms with Crippen LogP contribution in [-0.4, -0.2) is 33.3 Å². The first-order valence-electron chi connectivity index (χ1n) is 9.34. The summed E-state index contributed by atoms with van der Waals surface area (Å²) in [6.45, 7) is 1.49. The summed E-state index contributed by atoms with van der Waals surface area (Å²) in [5.41, 5.74) is 3.91. The second-order valence-electron chi connectivity index (χ2n) is 6.81. The van der Waals surface area contributed by atoms with E-state index in [1.807, 2.05) is 18.2 Å². The van der Waals surface area contributed by atoms with Crippen LogP contribution in [0.15, 0.2) is 54.6 Å². The normalized spacial score (nSPS) is 13.1. The zero-order chi connectivity index (χ0) is 18.9. The number of hydrogen-bond acceptors (Lipinski definition) is 5. The van der Waals surface area contributed by atoms with E-state index < -0.39 is 0 Å². The lowest BCUT2D eigenvalue weighted by Gasteiger charge is -2.28. The van der Waals surface area contributed by atoms with Gasteiger partial charge in [0.1, 0.15) is 11.6 Å². The summed E-state index contributed by atoms with van der Waals surface area (Å²) in [6.07, 6.45) is 1.63. The molecule has 0 fully saturated rings. The molecule has 0 spiro atoms. The second kappa shape index (κ2) is 6.92. The highest BCUT2D eigenvalue weighted by molar-refractivity contribution is 5.94. The van der Waals surface area contributed by atoms with Gasteiger partial charge in [-0.05, 0) is 36.2 Å². The molecule has 3 heterocycles. The second-order valence-corrected chi connectivity index (χ2v) is 6.81. The summed E-state index contributed by atoms with van der Waals surface area (Å²) < 4.78 is 13.0. The largest absolute Gasteiger partial charge is 0.354 e. The van der Waals surface area contributed by atoms with Crippen molar-refractivity contribution in [2.45, 2.75) is 12.8 Å². The topological polar surface area (TPSA) is 69.7 Å². The summed E-state index contributed by atoms with van der Waals surface area (Å²) in [6, 6.07) is 16.8. The smallest absolute Gasteiger partial charge is 0.226 e. The molecule has 0 saturated heterocycles. The Hall–Kier alpha value is -3.48. The maximum atomic E-state index is 13.0. The van der Waals surface area contributed by atoms with Crippen LogP contribution in [0, 0.1) is 5.82 Å². The van der Waals surface area contributed by atoms with Crippen LogP contribution in [0.1, 0.15) is 11.3 Å². The average Bonchev–Trinajstić information content (AvgIpc) is 3.15. The third-order valence-electron chi connectivity index (χ3n) is 4.99. The van der Waals surface area contributed by atoms with Crippen LogP contribution < -0.4 is 10.2 Å². The van der Waals surface area contributed by atoms with Crippen LogP contribution in [0.25, 0.3) is 11.0 Å². The Labute approximate surface area is 161 Å². The third-order valence-corrected chi connectivity index (χ3v) is 4.99. The molecule has 4 aromatic rings. The average molecular weight is 374 g/mol. The molecule has 7 heteroatoms. The number of para-hydroxylation sites is 1. The Kier molecular flexibility index (Phi) is 4.12. The van der Waals surface area contributed by atoms with Crippen LogP contribution >= 0.6 is 0 Å². The number of nitrogens with one attached hydrogen (secondary N) is 2. The molecule has 5 rings (SSSR count). The molecule has 0 radical (unpaired) electrons. The van der Waals surface area contributed by atoms with Gasteiger partial charge in [0.15, 0.2) is 5.65 Å². The van der Waals surface area contributed by atoms with Gasteiger partial charge in [0.25, 0.3) is 0 Å². The van der Waals surface area contributed by atoms with E-state index in [2.05, 4.69) is 37.5 Å². The number of benzene rings is 2. The molecule has 6 nitrogen and oxygen atoms in total. The number of hydrogen-bond donors (Lipinski definition) is 2. The maximum Gasteiger partial charge on any atom is 0.226 e. The molecule has 0 bridgehead atoms. The van der Waals surface area contributed by atoms with E-state index in [0.717, 1.165) is 47.5 Å². The molecule has 1 aliphatic rings. The molecule has 140 valence electrons. The van der Waals surface area contributed by atoms with E-state index in [4.69, 9.17) is 4.98 Å². The van der Waals surface area contributed by atoms with E-state index in [9.17, 15) is 4.39 Å². The van der Waals surface area contributed by atoms with E-state index >= 15 is 0 Å². The van der Waals surface area contributed by atoms with E-state index in [1.165, 1.54) is 12.1 Å². The van der Waals surface area contributed by atoms with Gasteiger partial charge in [-0.3, -0.25) is 5.10 Å². The van der Waals surface area contributed by atoms with Gasteiger partial charge in [0.05, 0.1) is 11.1 Å². The van der Waals surface area contributed by atoms with Crippen LogP contribution in [0.4, 0.5) is 21.8 Å². The Morgan fingerprint density at radius 3 is 2.68 bits per heavy atom. The van der Waals surface area contributed by atoms with Gasteiger partial charge in [0.2, 0.25) is 5.95 Å². The molecular weight excluding hydrogens is 355 g/mol. The summed E-state index contributed by atoms with van der Waals surface area (Å²) in [7, 11) is 0. The molecule has 0 saturated carbocycles. The highest BCUT2D eigenvalue weighted by Crippen LogP contribution is 2.35. The highest BCUT2D eigenvalue weighted by atomic mass is 19.1. The first kappa shape index (κ1) is 16.7. The SMILES string of the molecule is Fc1ccc(CCNc2nc3c4c([nH]nc4n2)CCN3c2ccccc2)cc1. The van der Waals surface area contributed by atoms with Gasteiger partial charge in [-0.2, -0.15) is 15.1 Å². The number of nitrogens with zero attached hydrogens (tertiary/aromatic N) is 4. The monoisotopic (exact) mass is 374 g/mol. The van der Waals surface area contributed by atoms with E-state index in [1.54, 1.807) is 12.1 Å². The van der Waals surface area contributed by atoms with Crippen molar-refractivity contribution in [1.29, 1.82) is 0 Å². The van der Waals surface area contributed by atoms with Crippen molar-refractivity contribution >= 4 is 28.5 Å². The number of anilines is 3. The molecular formula is C21H19FN6. The van der Waals surface area contributed by atoms with Gasteiger partial charge in [-0.15, -0.1) is 0 Å². The van der Waals surface area contributed by atoms with Crippen molar-refractivity contribution in [2.24, 2.45) is 0 Å². The first-order valence-corrected chi connectivity index (χ1v) is 9.34. The molecule has 2 aromatic carbocycles. The lowest BCUT2D eigenvalue weighted by molar-refractivity contribution is 0.627. The number of rotatable bonds is 5. The molecule has 1 aliphatic heterocycles. The molecule has 2 N–H and O–H groups in total. The van der Waals surface area contributed by atoms with E-state index in [-0.39, 0.29) is 5.82 Å². The molecule has 0 aliphatic carbocycles. The minimum atomic E-state index is -0.222. The third kappa shape index (κ3) is 3.05. The summed E-state index contributed by atoms with van der Waals surface area (Å²) in [4.78, 5) is 11.6. The Morgan fingerprint density at radius 1 is 1.04 bits per heavy atom. The predicted molar refractivity (Wildman–Crippen MR) is 107 cm³/mol. The van der Waals surface area contributed by atoms with Crippen molar-refractivity contribution in [3.05, 3.63) is 71.7 Å². The quantitative estimate of drug-likeness (QED) is 0.555. The molecule has 28 heavy (non-hydrogen) atoms. The van der Waals surface area contributed by atoms with Crippen LogP contribution in [-0.2, 0) is 12.8 Å². The minimum Gasteiger partial charge on any atom is -0.354 e. The van der Waals surface area contributed by atoms with Crippen LogP contribution in [0.3, 0.4) is 0 Å². The molecule has 0 unspecified atom stereocenters. The first-order chi connectivity index (χ1) is 13.8. The van der Waals surface area contributed by atoms with Crippen LogP contribution in [0.2, 0.25) is 0 Å². The van der Waals surface area contributed by atoms with Crippen molar-refractivity contribution in [2.75, 3.05) is 23.3 Å². The van der Waals surface area contributed by atoms with Gasteiger partial charge in [-0.1, -0.05) is 30.3 Å². The Bertz CT molecular complexity index is 1110. The van der Waals surface area contributed by atoms with Gasteiger partial charge in [0, 0.05) is 25.2 Å². The van der Waals surface area contributed by atoms with Crippen LogP contribution in [0.5, 0.6) is 0 Å². The molecule has 0 amide bonds. The summed E-state index contributed by atoms with van der Waals surface area (Å²) in [5.74, 6) is 1.20. The van der Waals surface area contributed by atoms with Crippen molar-refractivity contribution in [1.82, 2.24) is 20.2 Å². The lowest BCUT2D eigenvalue weighted by Crippen LogP contribution is -2.25. The van der Waals surface area contributed by atoms with Gasteiger partial charge >= 0.3 is 0 Å². The number of aromatic amines is 1. The number of aromatic nitrogens is 4. The fourth-order valence-electron chi connectivity index (χ4n) is 3.58. The molecule has 0 atom stereocenters. The fraction of sp³-hybridized carbons (Fsp3) is 0.190. The lowest BCUT2D eigenvalue weighted by atomic mass is 10.1. The standard InChI is InChI=1S/C21H19FN6/c22-15-8-6-14(7-9-15)10-12-23-21-24-19-18-17(26-27-19)11-13-28(20(18)25-21)16-4-2-1-3-5-16/h1-9H,10-13H2,(H2,23,24,25,26,27). The van der Waals surface area contributed by atoms with Crippen molar-refractivity contribution in [3.8, 4) is 0 Å². The Balaban J connectivity index is 1.43.